The largest absolute Gasteiger partial charge is 0.392 e. The van der Waals surface area contributed by atoms with Crippen molar-refractivity contribution in [3.63, 3.8) is 0 Å². The quantitative estimate of drug-likeness (QED) is 0.818. The molecule has 1 N–H and O–H groups in total. The van der Waals surface area contributed by atoms with E-state index in [4.69, 9.17) is 9.84 Å². The van der Waals surface area contributed by atoms with Crippen LogP contribution < -0.4 is 0 Å². The zero-order valence-electron chi connectivity index (χ0n) is 12.4. The Bertz CT molecular complexity index is 394. The first kappa shape index (κ1) is 15.8. The molecule has 20 heavy (non-hydrogen) atoms. The van der Waals surface area contributed by atoms with Crippen LogP contribution in [0, 0.1) is 5.92 Å². The summed E-state index contributed by atoms with van der Waals surface area (Å²) in [6.07, 6.45) is 0.324. The number of aliphatic hydroxyl groups excluding tert-OH is 1. The topological polar surface area (TPSA) is 32.7 Å². The van der Waals surface area contributed by atoms with Gasteiger partial charge in [0, 0.05) is 30.3 Å². The summed E-state index contributed by atoms with van der Waals surface area (Å²) in [5.41, 5.74) is 0.964. The van der Waals surface area contributed by atoms with Gasteiger partial charge in [0.25, 0.3) is 0 Å². The Morgan fingerprint density at radius 1 is 1.35 bits per heavy atom. The zero-order valence-corrected chi connectivity index (χ0v) is 13.2. The average molecular weight is 295 g/mol. The van der Waals surface area contributed by atoms with E-state index >= 15 is 0 Å². The van der Waals surface area contributed by atoms with Crippen molar-refractivity contribution in [3.8, 4) is 0 Å². The van der Waals surface area contributed by atoms with E-state index in [9.17, 15) is 0 Å². The lowest BCUT2D eigenvalue weighted by molar-refractivity contribution is -0.0191. The number of benzene rings is 1. The first-order chi connectivity index (χ1) is 9.67. The van der Waals surface area contributed by atoms with Crippen LogP contribution in [0.15, 0.2) is 29.2 Å². The Morgan fingerprint density at radius 2 is 2.10 bits per heavy atom. The first-order valence-electron chi connectivity index (χ1n) is 7.34. The van der Waals surface area contributed by atoms with Gasteiger partial charge >= 0.3 is 0 Å². The average Bonchev–Trinajstić information content (AvgIpc) is 2.45. The molecule has 4 heteroatoms. The van der Waals surface area contributed by atoms with Gasteiger partial charge in [0.2, 0.25) is 0 Å². The highest BCUT2D eigenvalue weighted by Crippen LogP contribution is 2.21. The predicted octanol–water partition coefficient (Wildman–Crippen LogP) is 2.63. The number of ether oxygens (including phenoxy) is 1. The molecule has 0 amide bonds. The minimum absolute atomic E-state index is 0.112. The van der Waals surface area contributed by atoms with Crippen LogP contribution in [-0.2, 0) is 11.3 Å². The summed E-state index contributed by atoms with van der Waals surface area (Å²) >= 11 is 1.83. The predicted molar refractivity (Wildman–Crippen MR) is 84.1 cm³/mol. The van der Waals surface area contributed by atoms with Crippen LogP contribution in [0.1, 0.15) is 19.4 Å². The Morgan fingerprint density at radius 3 is 2.75 bits per heavy atom. The van der Waals surface area contributed by atoms with E-state index in [1.54, 1.807) is 0 Å². The van der Waals surface area contributed by atoms with Crippen LogP contribution >= 0.6 is 11.8 Å². The molecule has 2 rings (SSSR count). The molecule has 1 fully saturated rings. The molecule has 1 saturated heterocycles. The van der Waals surface area contributed by atoms with Gasteiger partial charge in [-0.25, -0.2) is 0 Å². The molecule has 0 saturated carbocycles. The fourth-order valence-electron chi connectivity index (χ4n) is 2.44. The van der Waals surface area contributed by atoms with Gasteiger partial charge in [-0.05, 0) is 23.6 Å². The monoisotopic (exact) mass is 295 g/mol. The lowest BCUT2D eigenvalue weighted by Gasteiger charge is -2.33. The molecule has 112 valence electrons. The molecule has 1 unspecified atom stereocenters. The Balaban J connectivity index is 1.77. The van der Waals surface area contributed by atoms with Gasteiger partial charge in [0.05, 0.1) is 19.3 Å². The molecule has 1 aromatic rings. The van der Waals surface area contributed by atoms with E-state index in [0.717, 1.165) is 37.6 Å². The van der Waals surface area contributed by atoms with Crippen LogP contribution in [0.25, 0.3) is 0 Å². The minimum atomic E-state index is 0.112. The number of nitrogens with zero attached hydrogens (tertiary/aromatic N) is 1. The minimum Gasteiger partial charge on any atom is -0.392 e. The van der Waals surface area contributed by atoms with Gasteiger partial charge in [-0.2, -0.15) is 0 Å². The lowest BCUT2D eigenvalue weighted by atomic mass is 10.2. The maximum absolute atomic E-state index is 9.03. The van der Waals surface area contributed by atoms with E-state index < -0.39 is 0 Å². The molecule has 0 aromatic heterocycles. The van der Waals surface area contributed by atoms with Crippen LogP contribution in [-0.4, -0.2) is 48.1 Å². The summed E-state index contributed by atoms with van der Waals surface area (Å²) in [5.74, 6) is 1.71. The molecular formula is C16H25NO2S. The summed E-state index contributed by atoms with van der Waals surface area (Å²) in [4.78, 5) is 3.75. The molecule has 1 aliphatic rings. The number of hydrogen-bond donors (Lipinski definition) is 1. The van der Waals surface area contributed by atoms with Gasteiger partial charge in [0.1, 0.15) is 0 Å². The van der Waals surface area contributed by atoms with E-state index in [1.807, 2.05) is 23.9 Å². The third-order valence-corrected chi connectivity index (χ3v) is 4.53. The molecule has 0 bridgehead atoms. The SMILES string of the molecule is CC(C)CN1CCOC(CSc2ccc(CO)cc2)C1. The van der Waals surface area contributed by atoms with Gasteiger partial charge in [0.15, 0.2) is 0 Å². The van der Waals surface area contributed by atoms with Crippen molar-refractivity contribution in [2.75, 3.05) is 32.0 Å². The molecule has 1 aromatic carbocycles. The molecule has 1 atom stereocenters. The maximum atomic E-state index is 9.03. The van der Waals surface area contributed by atoms with Gasteiger partial charge < -0.3 is 9.84 Å². The van der Waals surface area contributed by atoms with E-state index in [-0.39, 0.29) is 6.61 Å². The molecule has 0 spiro atoms. The first-order valence-corrected chi connectivity index (χ1v) is 8.32. The number of aliphatic hydroxyl groups is 1. The highest BCUT2D eigenvalue weighted by atomic mass is 32.2. The second-order valence-corrected chi connectivity index (χ2v) is 6.85. The summed E-state index contributed by atoms with van der Waals surface area (Å²) in [6.45, 7) is 8.76. The van der Waals surface area contributed by atoms with E-state index in [2.05, 4.69) is 30.9 Å². The van der Waals surface area contributed by atoms with Crippen LogP contribution in [0.5, 0.6) is 0 Å². The maximum Gasteiger partial charge on any atom is 0.0796 e. The second kappa shape index (κ2) is 8.03. The van der Waals surface area contributed by atoms with Crippen molar-refractivity contribution < 1.29 is 9.84 Å². The van der Waals surface area contributed by atoms with Crippen molar-refractivity contribution in [2.45, 2.75) is 31.5 Å². The van der Waals surface area contributed by atoms with Gasteiger partial charge in [-0.1, -0.05) is 26.0 Å². The van der Waals surface area contributed by atoms with Crippen LogP contribution in [0.3, 0.4) is 0 Å². The standard InChI is InChI=1S/C16H25NO2S/c1-13(2)9-17-7-8-19-15(10-17)12-20-16-5-3-14(11-18)4-6-16/h3-6,13,15,18H,7-12H2,1-2H3. The Labute approximate surface area is 126 Å². The van der Waals surface area contributed by atoms with Gasteiger partial charge in [-0.3, -0.25) is 4.90 Å². The second-order valence-electron chi connectivity index (χ2n) is 5.76. The van der Waals surface area contributed by atoms with Crippen molar-refractivity contribution in [3.05, 3.63) is 29.8 Å². The third kappa shape index (κ3) is 5.09. The smallest absolute Gasteiger partial charge is 0.0796 e. The number of rotatable bonds is 6. The lowest BCUT2D eigenvalue weighted by Crippen LogP contribution is -2.44. The molecule has 1 heterocycles. The fraction of sp³-hybridized carbons (Fsp3) is 0.625. The van der Waals surface area contributed by atoms with E-state index in [1.165, 1.54) is 4.90 Å². The molecular weight excluding hydrogens is 270 g/mol. The molecule has 0 radical (unpaired) electrons. The summed E-state index contributed by atoms with van der Waals surface area (Å²) in [7, 11) is 0. The fourth-order valence-corrected chi connectivity index (χ4v) is 3.35. The normalized spacial score (nSPS) is 20.5. The van der Waals surface area contributed by atoms with Crippen molar-refractivity contribution in [2.24, 2.45) is 5.92 Å². The summed E-state index contributed by atoms with van der Waals surface area (Å²) in [6, 6.07) is 8.11. The Hall–Kier alpha value is -0.550. The number of thioether (sulfide) groups is 1. The van der Waals surface area contributed by atoms with Crippen LogP contribution in [0.2, 0.25) is 0 Å². The van der Waals surface area contributed by atoms with Crippen molar-refractivity contribution in [1.29, 1.82) is 0 Å². The van der Waals surface area contributed by atoms with Crippen LogP contribution in [0.4, 0.5) is 0 Å². The Kier molecular flexibility index (Phi) is 6.36. The summed E-state index contributed by atoms with van der Waals surface area (Å²) in [5, 5.41) is 9.03. The molecule has 1 aliphatic heterocycles. The zero-order chi connectivity index (χ0) is 14.4. The highest BCUT2D eigenvalue weighted by Gasteiger charge is 2.20. The van der Waals surface area contributed by atoms with Crippen molar-refractivity contribution in [1.82, 2.24) is 4.90 Å². The number of hydrogen-bond acceptors (Lipinski definition) is 4. The summed E-state index contributed by atoms with van der Waals surface area (Å²) < 4.78 is 5.85. The molecule has 0 aliphatic carbocycles. The van der Waals surface area contributed by atoms with Gasteiger partial charge in [-0.15, -0.1) is 11.8 Å². The third-order valence-electron chi connectivity index (χ3n) is 3.39. The molecule has 3 nitrogen and oxygen atoms in total. The number of morpholine rings is 1. The highest BCUT2D eigenvalue weighted by molar-refractivity contribution is 7.99. The van der Waals surface area contributed by atoms with E-state index in [0.29, 0.717) is 12.0 Å². The van der Waals surface area contributed by atoms with Crippen molar-refractivity contribution >= 4 is 11.8 Å².